The van der Waals surface area contributed by atoms with Gasteiger partial charge in [-0.1, -0.05) is 11.6 Å². The van der Waals surface area contributed by atoms with Crippen LogP contribution in [0, 0.1) is 0 Å². The van der Waals surface area contributed by atoms with E-state index in [9.17, 15) is 45.6 Å². The molecule has 0 unspecified atom stereocenters. The molecule has 0 radical (unpaired) electrons. The molecule has 5 rings (SSSR count). The van der Waals surface area contributed by atoms with Crippen LogP contribution in [0.4, 0.5) is 0 Å². The van der Waals surface area contributed by atoms with E-state index in [2.05, 4.69) is 0 Å². The van der Waals surface area contributed by atoms with Gasteiger partial charge in [-0.05, 0) is 58.4 Å². The molecule has 0 bridgehead atoms. The van der Waals surface area contributed by atoms with Gasteiger partial charge >= 0.3 is 0 Å². The largest absolute Gasteiger partial charge is 0.508 e. The van der Waals surface area contributed by atoms with Crippen molar-refractivity contribution < 1.29 is 64.2 Å². The van der Waals surface area contributed by atoms with E-state index in [4.69, 9.17) is 23.4 Å². The van der Waals surface area contributed by atoms with Gasteiger partial charge in [0.2, 0.25) is 17.5 Å². The zero-order valence-electron chi connectivity index (χ0n) is 25.5. The van der Waals surface area contributed by atoms with Gasteiger partial charge in [-0.15, -0.1) is 0 Å². The van der Waals surface area contributed by atoms with Crippen molar-refractivity contribution in [2.75, 3.05) is 0 Å². The van der Waals surface area contributed by atoms with Crippen molar-refractivity contribution >= 4 is 11.0 Å². The summed E-state index contributed by atoms with van der Waals surface area (Å²) >= 11 is 0. The summed E-state index contributed by atoms with van der Waals surface area (Å²) in [6.07, 6.45) is -13.2. The van der Waals surface area contributed by atoms with E-state index in [0.717, 1.165) is 11.6 Å². The van der Waals surface area contributed by atoms with Crippen LogP contribution in [-0.4, -0.2) is 102 Å². The van der Waals surface area contributed by atoms with Gasteiger partial charge in [0.1, 0.15) is 58.7 Å². The second-order valence-electron chi connectivity index (χ2n) is 11.8. The molecule has 3 heterocycles. The van der Waals surface area contributed by atoms with Crippen LogP contribution in [0.1, 0.15) is 33.3 Å². The highest BCUT2D eigenvalue weighted by Crippen LogP contribution is 2.40. The first kappa shape index (κ1) is 33.6. The van der Waals surface area contributed by atoms with Crippen molar-refractivity contribution in [3.05, 3.63) is 57.8 Å². The highest BCUT2D eigenvalue weighted by Gasteiger charge is 2.50. The monoisotopic (exact) mass is 646 g/mol. The molecule has 10 atom stereocenters. The number of ether oxygens (including phenoxy) is 4. The third-order valence-corrected chi connectivity index (χ3v) is 8.15. The molecule has 2 aromatic carbocycles. The molecule has 1 aromatic heterocycles. The molecule has 14 heteroatoms. The molecule has 2 aliphatic rings. The number of aliphatic hydroxyl groups is 5. The second kappa shape index (κ2) is 13.2. The fourth-order valence-electron chi connectivity index (χ4n) is 5.42. The maximum atomic E-state index is 14.2. The Balaban J connectivity index is 1.65. The average Bonchev–Trinajstić information content (AvgIpc) is 3.00. The molecular weight excluding hydrogens is 608 g/mol. The predicted molar refractivity (Wildman–Crippen MR) is 160 cm³/mol. The van der Waals surface area contributed by atoms with Crippen molar-refractivity contribution in [3.63, 3.8) is 0 Å². The number of aliphatic hydroxyl groups excluding tert-OH is 5. The van der Waals surface area contributed by atoms with E-state index in [1.165, 1.54) is 38.1 Å². The number of allylic oxidation sites excluding steroid dienone is 2. The van der Waals surface area contributed by atoms with Gasteiger partial charge in [0.15, 0.2) is 18.2 Å². The third kappa shape index (κ3) is 6.30. The molecule has 14 nitrogen and oxygen atoms in total. The van der Waals surface area contributed by atoms with Gasteiger partial charge in [0, 0.05) is 17.2 Å². The number of phenolic OH excluding ortho intramolecular Hbond substituents is 3. The summed E-state index contributed by atoms with van der Waals surface area (Å²) in [4.78, 5) is 14.2. The van der Waals surface area contributed by atoms with Gasteiger partial charge in [0.05, 0.1) is 12.2 Å². The van der Waals surface area contributed by atoms with Gasteiger partial charge in [-0.2, -0.15) is 0 Å². The number of phenols is 3. The Morgan fingerprint density at radius 2 is 1.43 bits per heavy atom. The smallest absolute Gasteiger partial charge is 0.239 e. The molecule has 0 spiro atoms. The van der Waals surface area contributed by atoms with Crippen LogP contribution in [-0.2, 0) is 20.6 Å². The summed E-state index contributed by atoms with van der Waals surface area (Å²) < 4.78 is 29.4. The maximum Gasteiger partial charge on any atom is 0.239 e. The van der Waals surface area contributed by atoms with Crippen molar-refractivity contribution in [2.24, 2.45) is 0 Å². The lowest BCUT2D eigenvalue weighted by molar-refractivity contribution is -0.352. The maximum absolute atomic E-state index is 14.2. The summed E-state index contributed by atoms with van der Waals surface area (Å²) in [6.45, 7) is 6.55. The van der Waals surface area contributed by atoms with Crippen molar-refractivity contribution in [1.82, 2.24) is 0 Å². The number of rotatable bonds is 7. The van der Waals surface area contributed by atoms with Gasteiger partial charge in [-0.3, -0.25) is 4.79 Å². The fraction of sp³-hybridized carbons (Fsp3) is 0.469. The van der Waals surface area contributed by atoms with E-state index in [-0.39, 0.29) is 45.8 Å². The summed E-state index contributed by atoms with van der Waals surface area (Å²) in [5.74, 6) is -1.73. The molecule has 0 aliphatic carbocycles. The van der Waals surface area contributed by atoms with Crippen LogP contribution in [0.15, 0.2) is 51.2 Å². The Hall–Kier alpha value is -3.73. The Labute approximate surface area is 262 Å². The van der Waals surface area contributed by atoms with Crippen LogP contribution in [0.25, 0.3) is 22.3 Å². The summed E-state index contributed by atoms with van der Waals surface area (Å²) in [5.41, 5.74) is 0.342. The molecule has 2 aliphatic heterocycles. The quantitative estimate of drug-likeness (QED) is 0.168. The Morgan fingerprint density at radius 1 is 0.826 bits per heavy atom. The van der Waals surface area contributed by atoms with E-state index >= 15 is 0 Å². The Kier molecular flexibility index (Phi) is 9.63. The predicted octanol–water partition coefficient (Wildman–Crippen LogP) is 1.14. The SMILES string of the molecule is CC(C)=CCc1c(O)cc(O)c2c(=O)c(O[C@H]3O[C@@H](C)[C@H](O)[C@@H](O)[C@H]3O[C@H]3O[C@@H](C)[C@H](O)[C@@H](O)[C@H]3O)c(-c3ccc(O)cc3)oc12. The van der Waals surface area contributed by atoms with Crippen LogP contribution in [0.3, 0.4) is 0 Å². The first-order valence-electron chi connectivity index (χ1n) is 14.7. The molecule has 46 heavy (non-hydrogen) atoms. The molecule has 2 fully saturated rings. The van der Waals surface area contributed by atoms with E-state index in [1.54, 1.807) is 6.08 Å². The minimum Gasteiger partial charge on any atom is -0.508 e. The van der Waals surface area contributed by atoms with Crippen molar-refractivity contribution in [3.8, 4) is 34.3 Å². The normalized spacial score (nSPS) is 31.5. The topological polar surface area (TPSA) is 229 Å². The summed E-state index contributed by atoms with van der Waals surface area (Å²) in [5, 5.41) is 83.6. The van der Waals surface area contributed by atoms with E-state index < -0.39 is 78.3 Å². The Bertz CT molecular complexity index is 1650. The first-order chi connectivity index (χ1) is 21.7. The summed E-state index contributed by atoms with van der Waals surface area (Å²) in [7, 11) is 0. The van der Waals surface area contributed by atoms with Gasteiger partial charge in [0.25, 0.3) is 0 Å². The van der Waals surface area contributed by atoms with Crippen LogP contribution in [0.5, 0.6) is 23.0 Å². The lowest BCUT2D eigenvalue weighted by atomic mass is 9.98. The molecule has 0 amide bonds. The van der Waals surface area contributed by atoms with Crippen LogP contribution < -0.4 is 10.2 Å². The minimum absolute atomic E-state index is 0.0866. The minimum atomic E-state index is -1.78. The highest BCUT2D eigenvalue weighted by molar-refractivity contribution is 5.91. The number of benzene rings is 2. The van der Waals surface area contributed by atoms with Gasteiger partial charge < -0.3 is 64.2 Å². The highest BCUT2D eigenvalue weighted by atomic mass is 16.8. The zero-order valence-corrected chi connectivity index (χ0v) is 25.5. The fourth-order valence-corrected chi connectivity index (χ4v) is 5.42. The number of aromatic hydroxyl groups is 3. The van der Waals surface area contributed by atoms with Crippen molar-refractivity contribution in [2.45, 2.75) is 95.5 Å². The Morgan fingerprint density at radius 3 is 2.07 bits per heavy atom. The molecule has 2 saturated heterocycles. The zero-order chi connectivity index (χ0) is 33.6. The van der Waals surface area contributed by atoms with Crippen LogP contribution in [0.2, 0.25) is 0 Å². The first-order valence-corrected chi connectivity index (χ1v) is 14.7. The average molecular weight is 647 g/mol. The van der Waals surface area contributed by atoms with E-state index in [0.29, 0.717) is 0 Å². The van der Waals surface area contributed by atoms with Crippen LogP contribution >= 0.6 is 0 Å². The third-order valence-electron chi connectivity index (χ3n) is 8.15. The lowest BCUT2D eigenvalue weighted by Gasteiger charge is -2.45. The van der Waals surface area contributed by atoms with E-state index in [1.807, 2.05) is 13.8 Å². The molecule has 3 aromatic rings. The lowest BCUT2D eigenvalue weighted by Crippen LogP contribution is -2.63. The van der Waals surface area contributed by atoms with Crippen molar-refractivity contribution in [1.29, 1.82) is 0 Å². The molecule has 250 valence electrons. The summed E-state index contributed by atoms with van der Waals surface area (Å²) in [6, 6.07) is 6.54. The number of fused-ring (bicyclic) bond motifs is 1. The standard InChI is InChI=1S/C32H38O14/c1-12(2)5-10-17-18(34)11-19(35)20-23(38)29(27(44-28(17)20)15-6-8-16(33)9-7-15)45-32-30(25(40)22(37)14(4)43-32)46-31-26(41)24(39)21(36)13(3)42-31/h5-9,11,13-14,21-22,24-26,30-37,39-41H,10H2,1-4H3/t13-,14-,21-,22-,24+,25+,26+,30+,31+,32+/m0/s1. The molecule has 8 N–H and O–H groups in total. The van der Waals surface area contributed by atoms with Gasteiger partial charge in [-0.25, -0.2) is 0 Å². The number of hydrogen-bond acceptors (Lipinski definition) is 14. The number of hydrogen-bond donors (Lipinski definition) is 8. The second-order valence-corrected chi connectivity index (χ2v) is 11.8. The molecule has 0 saturated carbocycles. The molecular formula is C32H38O14.